The maximum atomic E-state index is 11.5. The second-order valence-corrected chi connectivity index (χ2v) is 7.56. The molecule has 1 atom stereocenters. The minimum absolute atomic E-state index is 0.0260. The predicted molar refractivity (Wildman–Crippen MR) is 84.4 cm³/mol. The largest absolute Gasteiger partial charge is 0.378 e. The molecule has 1 unspecified atom stereocenters. The normalized spacial score (nSPS) is 13.2. The molecule has 5 nitrogen and oxygen atoms in total. The van der Waals surface area contributed by atoms with Gasteiger partial charge in [-0.1, -0.05) is 19.1 Å². The van der Waals surface area contributed by atoms with Crippen molar-refractivity contribution in [2.75, 3.05) is 30.5 Å². The molecule has 0 saturated carbocycles. The molecule has 0 bridgehead atoms. The van der Waals surface area contributed by atoms with E-state index in [0.29, 0.717) is 12.8 Å². The van der Waals surface area contributed by atoms with E-state index in [4.69, 9.17) is 5.84 Å². The van der Waals surface area contributed by atoms with Crippen molar-refractivity contribution in [2.24, 2.45) is 5.84 Å². The molecule has 6 heteroatoms. The molecule has 20 heavy (non-hydrogen) atoms. The van der Waals surface area contributed by atoms with Gasteiger partial charge in [0.2, 0.25) is 0 Å². The van der Waals surface area contributed by atoms with Crippen LogP contribution in [0.3, 0.4) is 0 Å². The van der Waals surface area contributed by atoms with Crippen molar-refractivity contribution in [2.45, 2.75) is 25.8 Å². The number of sulfone groups is 1. The molecular weight excluding hydrogens is 274 g/mol. The highest BCUT2D eigenvalue weighted by atomic mass is 32.2. The summed E-state index contributed by atoms with van der Waals surface area (Å²) in [5, 5.41) is 0. The summed E-state index contributed by atoms with van der Waals surface area (Å²) in [6.45, 7) is 1.68. The Kier molecular flexibility index (Phi) is 6.45. The zero-order chi connectivity index (χ0) is 15.2. The van der Waals surface area contributed by atoms with Crippen molar-refractivity contribution in [1.29, 1.82) is 0 Å². The highest BCUT2D eigenvalue weighted by Crippen LogP contribution is 2.22. The van der Waals surface area contributed by atoms with E-state index < -0.39 is 9.84 Å². The molecule has 0 saturated heterocycles. The molecule has 0 aromatic heterocycles. The van der Waals surface area contributed by atoms with Gasteiger partial charge in [0.05, 0.1) is 5.75 Å². The van der Waals surface area contributed by atoms with Crippen molar-refractivity contribution in [3.63, 3.8) is 0 Å². The molecule has 0 fully saturated rings. The molecular formula is C14H25N3O2S. The van der Waals surface area contributed by atoms with E-state index in [0.717, 1.165) is 11.3 Å². The lowest BCUT2D eigenvalue weighted by Crippen LogP contribution is -2.28. The number of anilines is 1. The van der Waals surface area contributed by atoms with Crippen LogP contribution in [0.2, 0.25) is 0 Å². The number of rotatable bonds is 8. The number of hydrogen-bond acceptors (Lipinski definition) is 5. The maximum Gasteiger partial charge on any atom is 0.150 e. The average Bonchev–Trinajstić information content (AvgIpc) is 2.43. The number of nitrogens with zero attached hydrogens (tertiary/aromatic N) is 1. The first kappa shape index (κ1) is 16.9. The first-order valence-corrected chi connectivity index (χ1v) is 8.65. The van der Waals surface area contributed by atoms with E-state index in [1.807, 2.05) is 37.2 Å². The maximum absolute atomic E-state index is 11.5. The van der Waals surface area contributed by atoms with Gasteiger partial charge >= 0.3 is 0 Å². The Morgan fingerprint density at radius 3 is 2.60 bits per heavy atom. The SMILES string of the molecule is CCS(=O)(=O)CCCC(NN)c1cccc(N(C)C)c1. The molecule has 1 aromatic carbocycles. The summed E-state index contributed by atoms with van der Waals surface area (Å²) in [7, 11) is 1.06. The van der Waals surface area contributed by atoms with Crippen LogP contribution < -0.4 is 16.2 Å². The van der Waals surface area contributed by atoms with Gasteiger partial charge in [-0.3, -0.25) is 11.3 Å². The summed E-state index contributed by atoms with van der Waals surface area (Å²) in [6.07, 6.45) is 1.31. The Morgan fingerprint density at radius 2 is 2.05 bits per heavy atom. The van der Waals surface area contributed by atoms with Gasteiger partial charge in [-0.2, -0.15) is 0 Å². The van der Waals surface area contributed by atoms with Gasteiger partial charge in [0.15, 0.2) is 0 Å². The van der Waals surface area contributed by atoms with Crippen molar-refractivity contribution in [3.8, 4) is 0 Å². The Bertz CT molecular complexity index is 515. The van der Waals surface area contributed by atoms with Crippen LogP contribution in [0, 0.1) is 0 Å². The minimum atomic E-state index is -2.90. The van der Waals surface area contributed by atoms with Gasteiger partial charge in [-0.05, 0) is 30.5 Å². The first-order chi connectivity index (χ1) is 9.39. The fraction of sp³-hybridized carbons (Fsp3) is 0.571. The summed E-state index contributed by atoms with van der Waals surface area (Å²) < 4.78 is 23.0. The van der Waals surface area contributed by atoms with Crippen LogP contribution in [0.25, 0.3) is 0 Å². The first-order valence-electron chi connectivity index (χ1n) is 6.83. The van der Waals surface area contributed by atoms with Crippen LogP contribution in [0.15, 0.2) is 24.3 Å². The summed E-state index contributed by atoms with van der Waals surface area (Å²) in [5.41, 5.74) is 4.95. The van der Waals surface area contributed by atoms with Gasteiger partial charge in [-0.25, -0.2) is 8.42 Å². The molecule has 0 heterocycles. The molecule has 3 N–H and O–H groups in total. The zero-order valence-corrected chi connectivity index (χ0v) is 13.3. The van der Waals surface area contributed by atoms with Gasteiger partial charge < -0.3 is 4.90 Å². The summed E-state index contributed by atoms with van der Waals surface area (Å²) in [4.78, 5) is 2.03. The summed E-state index contributed by atoms with van der Waals surface area (Å²) in [6, 6.07) is 8.06. The molecule has 0 aliphatic carbocycles. The number of benzene rings is 1. The lowest BCUT2D eigenvalue weighted by atomic mass is 10.0. The molecule has 0 spiro atoms. The summed E-state index contributed by atoms with van der Waals surface area (Å²) in [5.74, 6) is 6.02. The second kappa shape index (κ2) is 7.61. The Balaban J connectivity index is 2.69. The number of nitrogens with two attached hydrogens (primary N) is 1. The van der Waals surface area contributed by atoms with E-state index in [-0.39, 0.29) is 17.5 Å². The lowest BCUT2D eigenvalue weighted by Gasteiger charge is -2.19. The van der Waals surface area contributed by atoms with Gasteiger partial charge in [0.1, 0.15) is 9.84 Å². The smallest absolute Gasteiger partial charge is 0.150 e. The third-order valence-electron chi connectivity index (χ3n) is 3.38. The van der Waals surface area contributed by atoms with Gasteiger partial charge in [0.25, 0.3) is 0 Å². The van der Waals surface area contributed by atoms with Crippen LogP contribution in [0.5, 0.6) is 0 Å². The standard InChI is InChI=1S/C14H25N3O2S/c1-4-20(18,19)10-6-9-14(16-15)12-7-5-8-13(11-12)17(2)3/h5,7-8,11,14,16H,4,6,9-10,15H2,1-3H3. The monoisotopic (exact) mass is 299 g/mol. The van der Waals surface area contributed by atoms with Gasteiger partial charge in [0, 0.05) is 31.6 Å². The van der Waals surface area contributed by atoms with E-state index in [1.54, 1.807) is 6.92 Å². The van der Waals surface area contributed by atoms with Crippen LogP contribution in [-0.4, -0.2) is 34.0 Å². The van der Waals surface area contributed by atoms with Crippen LogP contribution in [0.4, 0.5) is 5.69 Å². The number of hydrogen-bond donors (Lipinski definition) is 2. The predicted octanol–water partition coefficient (Wildman–Crippen LogP) is 1.47. The van der Waals surface area contributed by atoms with E-state index in [9.17, 15) is 8.42 Å². The third kappa shape index (κ3) is 5.11. The van der Waals surface area contributed by atoms with Crippen molar-refractivity contribution in [1.82, 2.24) is 5.43 Å². The molecule has 0 aliphatic heterocycles. The molecule has 1 rings (SSSR count). The topological polar surface area (TPSA) is 75.4 Å². The van der Waals surface area contributed by atoms with Crippen LogP contribution >= 0.6 is 0 Å². The number of nitrogens with one attached hydrogen (secondary N) is 1. The van der Waals surface area contributed by atoms with Crippen molar-refractivity contribution in [3.05, 3.63) is 29.8 Å². The highest BCUT2D eigenvalue weighted by molar-refractivity contribution is 7.91. The van der Waals surface area contributed by atoms with Crippen molar-refractivity contribution < 1.29 is 8.42 Å². The minimum Gasteiger partial charge on any atom is -0.378 e. The fourth-order valence-corrected chi connectivity index (χ4v) is 2.91. The molecule has 114 valence electrons. The average molecular weight is 299 g/mol. The highest BCUT2D eigenvalue weighted by Gasteiger charge is 2.13. The molecule has 1 aromatic rings. The zero-order valence-electron chi connectivity index (χ0n) is 12.5. The quantitative estimate of drug-likeness (QED) is 0.561. The van der Waals surface area contributed by atoms with E-state index in [1.165, 1.54) is 0 Å². The molecule has 0 radical (unpaired) electrons. The number of hydrazine groups is 1. The van der Waals surface area contributed by atoms with Crippen LogP contribution in [-0.2, 0) is 9.84 Å². The Hall–Kier alpha value is -1.11. The second-order valence-electron chi connectivity index (χ2n) is 5.09. The summed E-state index contributed by atoms with van der Waals surface area (Å²) >= 11 is 0. The Morgan fingerprint density at radius 1 is 1.35 bits per heavy atom. The van der Waals surface area contributed by atoms with Gasteiger partial charge in [-0.15, -0.1) is 0 Å². The Labute approximate surface area is 122 Å². The van der Waals surface area contributed by atoms with E-state index >= 15 is 0 Å². The molecule has 0 amide bonds. The molecule has 0 aliphatic rings. The lowest BCUT2D eigenvalue weighted by molar-refractivity contribution is 0.507. The fourth-order valence-electron chi connectivity index (χ4n) is 2.02. The van der Waals surface area contributed by atoms with E-state index in [2.05, 4.69) is 11.5 Å². The van der Waals surface area contributed by atoms with Crippen LogP contribution in [0.1, 0.15) is 31.4 Å². The van der Waals surface area contributed by atoms with Crippen molar-refractivity contribution >= 4 is 15.5 Å². The third-order valence-corrected chi connectivity index (χ3v) is 5.17.